The minimum atomic E-state index is -5.00. The Kier molecular flexibility index (Phi) is 6.23. The molecule has 1 aromatic carbocycles. The van der Waals surface area contributed by atoms with Crippen LogP contribution in [0.5, 0.6) is 0 Å². The summed E-state index contributed by atoms with van der Waals surface area (Å²) >= 11 is 0. The maximum atomic E-state index is 13.7. The van der Waals surface area contributed by atoms with Gasteiger partial charge in [-0.3, -0.25) is 4.79 Å². The molecule has 0 unspecified atom stereocenters. The lowest BCUT2D eigenvalue weighted by Crippen LogP contribution is -2.27. The number of allylic oxidation sites excluding steroid dienone is 1. The molecule has 1 aliphatic carbocycles. The van der Waals surface area contributed by atoms with Crippen LogP contribution in [0.15, 0.2) is 42.1 Å². The Labute approximate surface area is 168 Å². The van der Waals surface area contributed by atoms with Crippen molar-refractivity contribution in [3.8, 4) is 5.69 Å². The van der Waals surface area contributed by atoms with E-state index in [1.54, 1.807) is 0 Å². The number of nitrogens with zero attached hydrogens (tertiary/aromatic N) is 2. The number of rotatable bonds is 5. The highest BCUT2D eigenvalue weighted by Gasteiger charge is 2.41. The largest absolute Gasteiger partial charge is 0.434 e. The van der Waals surface area contributed by atoms with Gasteiger partial charge in [-0.2, -0.15) is 31.4 Å². The van der Waals surface area contributed by atoms with Gasteiger partial charge in [0.15, 0.2) is 5.69 Å². The fourth-order valence-corrected chi connectivity index (χ4v) is 3.36. The second-order valence-corrected chi connectivity index (χ2v) is 6.98. The van der Waals surface area contributed by atoms with Gasteiger partial charge in [0.2, 0.25) is 0 Å². The van der Waals surface area contributed by atoms with E-state index in [0.29, 0.717) is 17.2 Å². The molecule has 1 amide bonds. The average molecular weight is 431 g/mol. The van der Waals surface area contributed by atoms with E-state index < -0.39 is 40.8 Å². The van der Waals surface area contributed by atoms with Gasteiger partial charge in [-0.05, 0) is 50.3 Å². The lowest BCUT2D eigenvalue weighted by atomic mass is 9.97. The van der Waals surface area contributed by atoms with Crippen LogP contribution in [0.1, 0.15) is 53.7 Å². The molecule has 0 bridgehead atoms. The molecule has 3 rings (SSSR count). The van der Waals surface area contributed by atoms with Gasteiger partial charge in [0.1, 0.15) is 0 Å². The quantitative estimate of drug-likeness (QED) is 0.500. The van der Waals surface area contributed by atoms with Crippen LogP contribution in [-0.2, 0) is 12.4 Å². The Bertz CT molecular complexity index is 943. The Morgan fingerprint density at radius 1 is 1.10 bits per heavy atom. The van der Waals surface area contributed by atoms with E-state index in [-0.39, 0.29) is 6.54 Å². The number of carbonyl (C=O) groups excluding carboxylic acids is 1. The molecule has 0 saturated carbocycles. The van der Waals surface area contributed by atoms with E-state index in [2.05, 4.69) is 16.5 Å². The monoisotopic (exact) mass is 431 g/mol. The highest BCUT2D eigenvalue weighted by Crippen LogP contribution is 2.35. The predicted octanol–water partition coefficient (Wildman–Crippen LogP) is 5.53. The summed E-state index contributed by atoms with van der Waals surface area (Å²) < 4.78 is 80.1. The summed E-state index contributed by atoms with van der Waals surface area (Å²) in [4.78, 5) is 12.4. The van der Waals surface area contributed by atoms with Gasteiger partial charge in [0, 0.05) is 6.54 Å². The second kappa shape index (κ2) is 8.53. The van der Waals surface area contributed by atoms with E-state index in [0.717, 1.165) is 55.7 Å². The molecule has 0 atom stereocenters. The maximum absolute atomic E-state index is 13.7. The van der Waals surface area contributed by atoms with Crippen molar-refractivity contribution in [2.24, 2.45) is 0 Å². The summed E-state index contributed by atoms with van der Waals surface area (Å²) in [5, 5.41) is 6.00. The molecule has 2 aromatic rings. The van der Waals surface area contributed by atoms with Crippen molar-refractivity contribution < 1.29 is 31.1 Å². The standard InChI is InChI=1S/C20H19F6N3O/c21-19(22,23)14-7-4-8-15(11-14)29-17(20(24,25)26)16(12-28-29)18(30)27-10-9-13-5-2-1-3-6-13/h4-5,7-8,11-12H,1-3,6,9-10H2,(H,27,30). The van der Waals surface area contributed by atoms with Crippen molar-refractivity contribution in [3.05, 3.63) is 58.9 Å². The van der Waals surface area contributed by atoms with Gasteiger partial charge in [-0.1, -0.05) is 17.7 Å². The number of carbonyl (C=O) groups is 1. The SMILES string of the molecule is O=C(NCCC1=CCCCC1)c1cnn(-c2cccc(C(F)(F)F)c2)c1C(F)(F)F. The Morgan fingerprint density at radius 2 is 1.87 bits per heavy atom. The summed E-state index contributed by atoms with van der Waals surface area (Å²) in [5.74, 6) is -0.975. The molecular weight excluding hydrogens is 412 g/mol. The first kappa shape index (κ1) is 21.9. The van der Waals surface area contributed by atoms with Gasteiger partial charge in [-0.25, -0.2) is 4.68 Å². The third kappa shape index (κ3) is 5.03. The van der Waals surface area contributed by atoms with E-state index in [4.69, 9.17) is 0 Å². The topological polar surface area (TPSA) is 46.9 Å². The molecule has 1 aromatic heterocycles. The van der Waals surface area contributed by atoms with E-state index in [1.165, 1.54) is 0 Å². The van der Waals surface area contributed by atoms with Crippen molar-refractivity contribution in [1.29, 1.82) is 0 Å². The highest BCUT2D eigenvalue weighted by atomic mass is 19.4. The fraction of sp³-hybridized carbons (Fsp3) is 0.400. The molecule has 0 saturated heterocycles. The van der Waals surface area contributed by atoms with Gasteiger partial charge in [0.25, 0.3) is 5.91 Å². The number of benzene rings is 1. The molecule has 1 N–H and O–H groups in total. The van der Waals surface area contributed by atoms with Crippen molar-refractivity contribution in [1.82, 2.24) is 15.1 Å². The van der Waals surface area contributed by atoms with Crippen LogP contribution >= 0.6 is 0 Å². The molecule has 1 aliphatic rings. The van der Waals surface area contributed by atoms with Gasteiger partial charge in [0.05, 0.1) is 23.0 Å². The van der Waals surface area contributed by atoms with Gasteiger partial charge >= 0.3 is 12.4 Å². The summed E-state index contributed by atoms with van der Waals surface area (Å²) in [6, 6.07) is 3.35. The number of alkyl halides is 6. The maximum Gasteiger partial charge on any atom is 0.434 e. The number of hydrogen-bond acceptors (Lipinski definition) is 2. The average Bonchev–Trinajstić information content (AvgIpc) is 3.14. The Morgan fingerprint density at radius 3 is 2.50 bits per heavy atom. The van der Waals surface area contributed by atoms with Gasteiger partial charge < -0.3 is 5.32 Å². The fourth-order valence-electron chi connectivity index (χ4n) is 3.36. The minimum Gasteiger partial charge on any atom is -0.352 e. The van der Waals surface area contributed by atoms with Crippen LogP contribution in [0.2, 0.25) is 0 Å². The van der Waals surface area contributed by atoms with E-state index in [9.17, 15) is 31.1 Å². The first-order chi connectivity index (χ1) is 14.1. The Hall–Kier alpha value is -2.78. The van der Waals surface area contributed by atoms with Crippen molar-refractivity contribution >= 4 is 5.91 Å². The lowest BCUT2D eigenvalue weighted by Gasteiger charge is -2.15. The summed E-state index contributed by atoms with van der Waals surface area (Å²) in [6.07, 6.45) is -2.40. The molecule has 4 nitrogen and oxygen atoms in total. The number of aromatic nitrogens is 2. The first-order valence-corrected chi connectivity index (χ1v) is 9.36. The first-order valence-electron chi connectivity index (χ1n) is 9.36. The third-order valence-electron chi connectivity index (χ3n) is 4.82. The van der Waals surface area contributed by atoms with Crippen LogP contribution in [0.25, 0.3) is 5.69 Å². The number of hydrogen-bond donors (Lipinski definition) is 1. The summed E-state index contributed by atoms with van der Waals surface area (Å²) in [6.45, 7) is 0.163. The lowest BCUT2D eigenvalue weighted by molar-refractivity contribution is -0.143. The number of halogens is 6. The smallest absolute Gasteiger partial charge is 0.352 e. The molecule has 162 valence electrons. The molecule has 0 fully saturated rings. The van der Waals surface area contributed by atoms with E-state index >= 15 is 0 Å². The zero-order chi connectivity index (χ0) is 21.9. The molecule has 0 radical (unpaired) electrons. The normalized spacial score (nSPS) is 15.1. The second-order valence-electron chi connectivity index (χ2n) is 6.98. The van der Waals surface area contributed by atoms with Crippen molar-refractivity contribution in [2.45, 2.75) is 44.5 Å². The van der Waals surface area contributed by atoms with Crippen LogP contribution in [0, 0.1) is 0 Å². The van der Waals surface area contributed by atoms with Gasteiger partial charge in [-0.15, -0.1) is 0 Å². The zero-order valence-electron chi connectivity index (χ0n) is 15.8. The Balaban J connectivity index is 1.85. The predicted molar refractivity (Wildman–Crippen MR) is 97.1 cm³/mol. The van der Waals surface area contributed by atoms with Crippen LogP contribution in [-0.4, -0.2) is 22.2 Å². The highest BCUT2D eigenvalue weighted by molar-refractivity contribution is 5.95. The third-order valence-corrected chi connectivity index (χ3v) is 4.82. The summed E-state index contributed by atoms with van der Waals surface area (Å²) in [7, 11) is 0. The van der Waals surface area contributed by atoms with Crippen LogP contribution in [0.4, 0.5) is 26.3 Å². The minimum absolute atomic E-state index is 0.163. The molecule has 30 heavy (non-hydrogen) atoms. The molecule has 10 heteroatoms. The van der Waals surface area contributed by atoms with Crippen LogP contribution in [0.3, 0.4) is 0 Å². The molecule has 0 aliphatic heterocycles. The molecular formula is C20H19F6N3O. The molecule has 1 heterocycles. The zero-order valence-corrected chi connectivity index (χ0v) is 15.8. The number of amides is 1. The summed E-state index contributed by atoms with van der Waals surface area (Å²) in [5.41, 5.74) is -2.56. The number of nitrogens with one attached hydrogen (secondary N) is 1. The van der Waals surface area contributed by atoms with E-state index in [1.807, 2.05) is 0 Å². The van der Waals surface area contributed by atoms with Crippen molar-refractivity contribution in [2.75, 3.05) is 6.54 Å². The molecule has 0 spiro atoms. The van der Waals surface area contributed by atoms with Crippen molar-refractivity contribution in [3.63, 3.8) is 0 Å². The van der Waals surface area contributed by atoms with Crippen LogP contribution < -0.4 is 5.32 Å².